The van der Waals surface area contributed by atoms with Gasteiger partial charge in [-0.25, -0.2) is 0 Å². The van der Waals surface area contributed by atoms with Gasteiger partial charge < -0.3 is 40.7 Å². The molecule has 0 saturated heterocycles. The Kier molecular flexibility index (Phi) is 37.7. The summed E-state index contributed by atoms with van der Waals surface area (Å²) < 4.78 is 19.6. The van der Waals surface area contributed by atoms with E-state index >= 15 is 0 Å². The Morgan fingerprint density at radius 1 is 1.09 bits per heavy atom. The van der Waals surface area contributed by atoms with Crippen LogP contribution < -0.4 is 11.1 Å². The molecule has 0 aromatic carbocycles. The van der Waals surface area contributed by atoms with Gasteiger partial charge in [0.2, 0.25) is 0 Å². The van der Waals surface area contributed by atoms with Crippen molar-refractivity contribution in [3.63, 3.8) is 0 Å². The van der Waals surface area contributed by atoms with Gasteiger partial charge in [0.1, 0.15) is 6.79 Å². The summed E-state index contributed by atoms with van der Waals surface area (Å²) >= 11 is 0. The monoisotopic (exact) mass is 388 g/mol. The lowest BCUT2D eigenvalue weighted by molar-refractivity contribution is -0.191. The van der Waals surface area contributed by atoms with Crippen molar-refractivity contribution in [2.45, 2.75) is 7.43 Å². The highest BCUT2D eigenvalue weighted by Gasteiger charge is 2.11. The van der Waals surface area contributed by atoms with Crippen molar-refractivity contribution >= 4 is 34.1 Å². The van der Waals surface area contributed by atoms with Crippen LogP contribution in [0.2, 0.25) is 0 Å². The molecule has 10 N–H and O–H groups in total. The number of nitrogens with two attached hydrogens (primary N) is 1. The fraction of sp³-hybridized carbons (Fsp3) is 0.571. The van der Waals surface area contributed by atoms with E-state index in [1.165, 1.54) is 0 Å². The third kappa shape index (κ3) is 95.6. The van der Waals surface area contributed by atoms with Gasteiger partial charge in [0.05, 0.1) is 19.1 Å². The Bertz CT molecular complexity index is 385. The van der Waals surface area contributed by atoms with Crippen molar-refractivity contribution in [1.82, 2.24) is 5.32 Å². The number of carbonyl (C=O) groups is 2. The van der Waals surface area contributed by atoms with E-state index in [0.29, 0.717) is 0 Å². The maximum Gasteiger partial charge on any atom is 0.373 e. The van der Waals surface area contributed by atoms with Crippen LogP contribution in [0.25, 0.3) is 0 Å². The summed E-state index contributed by atoms with van der Waals surface area (Å²) in [6, 6.07) is 0. The summed E-state index contributed by atoms with van der Waals surface area (Å²) in [4.78, 5) is 66.0. The van der Waals surface area contributed by atoms with Gasteiger partial charge in [0, 0.05) is 0 Å². The van der Waals surface area contributed by atoms with Crippen molar-refractivity contribution in [2.75, 3.05) is 19.1 Å². The first-order chi connectivity index (χ1) is 9.39. The van der Waals surface area contributed by atoms with Gasteiger partial charge in [0.25, 0.3) is 0 Å². The van der Waals surface area contributed by atoms with Crippen LogP contribution in [0.3, 0.4) is 0 Å². The average molecular weight is 388 g/mol. The Labute approximate surface area is 131 Å². The second kappa shape index (κ2) is 23.0. The summed E-state index contributed by atoms with van der Waals surface area (Å²) in [6.07, 6.45) is -0.910. The minimum absolute atomic E-state index is 0. The van der Waals surface area contributed by atoms with Crippen LogP contribution in [0, 0.1) is 0 Å². The zero-order chi connectivity index (χ0) is 18.1. The summed E-state index contributed by atoms with van der Waals surface area (Å²) in [5.41, 5.74) is 4.54. The number of carboxylic acids is 1. The molecular formula is C7H22N2O12P2. The van der Waals surface area contributed by atoms with Gasteiger partial charge in [0.15, 0.2) is 0 Å². The van der Waals surface area contributed by atoms with E-state index in [0.717, 1.165) is 0 Å². The zero-order valence-electron chi connectivity index (χ0n) is 11.0. The molecule has 0 saturated carbocycles. The number of hydrogen-bond donors (Lipinski definition) is 7. The van der Waals surface area contributed by atoms with Gasteiger partial charge in [-0.05, 0) is 0 Å². The largest absolute Gasteiger partial charge is 0.480 e. The molecule has 0 amide bonds. The maximum atomic E-state index is 10.1. The molecule has 0 bridgehead atoms. The van der Waals surface area contributed by atoms with Crippen LogP contribution in [0.4, 0.5) is 0 Å². The quantitative estimate of drug-likeness (QED) is 0.230. The summed E-state index contributed by atoms with van der Waals surface area (Å²) in [5.74, 6) is -1.14. The highest BCUT2D eigenvalue weighted by atomic mass is 31.2. The highest BCUT2D eigenvalue weighted by Crippen LogP contribution is 2.31. The molecular weight excluding hydrogens is 366 g/mol. The molecule has 0 heterocycles. The van der Waals surface area contributed by atoms with Crippen molar-refractivity contribution in [1.29, 1.82) is 0 Å². The lowest BCUT2D eigenvalue weighted by Crippen LogP contribution is -2.23. The Morgan fingerprint density at radius 3 is 1.48 bits per heavy atom. The number of aliphatic carboxylic acids is 1. The molecule has 0 aliphatic rings. The predicted octanol–water partition coefficient (Wildman–Crippen LogP) is -3.08. The normalized spacial score (nSPS) is 8.57. The fourth-order valence-corrected chi connectivity index (χ4v) is 0.712. The average Bonchev–Trinajstić information content (AvgIpc) is 2.30. The van der Waals surface area contributed by atoms with E-state index in [2.05, 4.69) is 11.1 Å². The van der Waals surface area contributed by atoms with Crippen LogP contribution in [0.5, 0.6) is 0 Å². The molecule has 0 aromatic heterocycles. The van der Waals surface area contributed by atoms with E-state index in [9.17, 15) is 13.9 Å². The number of carbonyl (C=O) groups excluding carboxylic acids is 3. The third-order valence-corrected chi connectivity index (χ3v) is 1.94. The Morgan fingerprint density at radius 2 is 1.35 bits per heavy atom. The number of carboxylic acid groups (broad SMARTS) is 1. The molecule has 0 spiro atoms. The SMILES string of the molecule is C.C=O.NCP(=O)(O)O.O.O=C(O)CNCP(=O)(O)O.O=C=O. The van der Waals surface area contributed by atoms with E-state index in [4.69, 9.17) is 39.1 Å². The first kappa shape index (κ1) is 37.7. The standard InChI is InChI=1S/C3H8NO5P.CH6NO3P.CO2.CH2O.CH4.H2O/c5-3(6)1-4-2-10(7,8)9;2-1-6(3,4)5;2-1-3;1-2;;/h4H,1-2H2,(H,5,6)(H2,7,8,9);1-2H2,(H2,3,4,5);;1H2;1H4;1H2. The maximum absolute atomic E-state index is 10.1. The molecule has 14 nitrogen and oxygen atoms in total. The topological polar surface area (TPSA) is 273 Å². The fourth-order valence-electron chi connectivity index (χ4n) is 0.308. The van der Waals surface area contributed by atoms with E-state index in [1.807, 2.05) is 6.79 Å². The minimum Gasteiger partial charge on any atom is -0.480 e. The molecule has 16 heteroatoms. The molecule has 0 aromatic rings. The zero-order valence-corrected chi connectivity index (χ0v) is 12.8. The van der Waals surface area contributed by atoms with Gasteiger partial charge in [-0.3, -0.25) is 19.2 Å². The second-order valence-electron chi connectivity index (χ2n) is 2.57. The van der Waals surface area contributed by atoms with E-state index in [1.54, 1.807) is 0 Å². The van der Waals surface area contributed by atoms with Crippen molar-refractivity contribution < 1.29 is 58.5 Å². The van der Waals surface area contributed by atoms with Gasteiger partial charge in [-0.1, -0.05) is 7.43 Å². The van der Waals surface area contributed by atoms with Crippen LogP contribution in [-0.2, 0) is 28.3 Å². The molecule has 0 unspecified atom stereocenters. The van der Waals surface area contributed by atoms with Crippen LogP contribution in [0.1, 0.15) is 7.43 Å². The van der Waals surface area contributed by atoms with Crippen molar-refractivity contribution in [2.24, 2.45) is 5.73 Å². The molecule has 0 atom stereocenters. The smallest absolute Gasteiger partial charge is 0.373 e. The number of rotatable bonds is 5. The highest BCUT2D eigenvalue weighted by molar-refractivity contribution is 7.51. The molecule has 0 rings (SSSR count). The Hall–Kier alpha value is -1.30. The number of nitrogens with one attached hydrogen (secondary N) is 1. The predicted molar refractivity (Wildman–Crippen MR) is 76.1 cm³/mol. The summed E-state index contributed by atoms with van der Waals surface area (Å²) in [7, 11) is -7.97. The summed E-state index contributed by atoms with van der Waals surface area (Å²) in [6.45, 7) is 1.56. The Balaban J connectivity index is -0.0000000482. The van der Waals surface area contributed by atoms with Gasteiger partial charge in [-0.2, -0.15) is 9.59 Å². The molecule has 0 aliphatic carbocycles. The second-order valence-corrected chi connectivity index (χ2v) is 5.91. The van der Waals surface area contributed by atoms with E-state index < -0.39 is 40.3 Å². The van der Waals surface area contributed by atoms with Gasteiger partial charge >= 0.3 is 27.3 Å². The molecule has 0 aliphatic heterocycles. The van der Waals surface area contributed by atoms with Crippen molar-refractivity contribution in [3.8, 4) is 0 Å². The minimum atomic E-state index is -4.10. The van der Waals surface area contributed by atoms with Gasteiger partial charge in [-0.15, -0.1) is 0 Å². The first-order valence-electron chi connectivity index (χ1n) is 4.39. The van der Waals surface area contributed by atoms with E-state index in [-0.39, 0.29) is 19.1 Å². The molecule has 0 radical (unpaired) electrons. The lowest BCUT2D eigenvalue weighted by Gasteiger charge is -2.02. The lowest BCUT2D eigenvalue weighted by atomic mass is 10.7. The van der Waals surface area contributed by atoms with Crippen molar-refractivity contribution in [3.05, 3.63) is 0 Å². The van der Waals surface area contributed by atoms with Crippen LogP contribution >= 0.6 is 15.2 Å². The van der Waals surface area contributed by atoms with Crippen LogP contribution in [-0.4, -0.2) is 68.2 Å². The summed E-state index contributed by atoms with van der Waals surface area (Å²) in [5, 5.41) is 10.1. The molecule has 142 valence electrons. The first-order valence-corrected chi connectivity index (χ1v) is 7.99. The number of hydrogen-bond acceptors (Lipinski definition) is 8. The van der Waals surface area contributed by atoms with Crippen LogP contribution in [0.15, 0.2) is 0 Å². The molecule has 23 heavy (non-hydrogen) atoms. The molecule has 0 fully saturated rings. The third-order valence-electron chi connectivity index (χ3n) is 0.832.